The topological polar surface area (TPSA) is 281 Å². The third kappa shape index (κ3) is 12.0. The Morgan fingerprint density at radius 3 is 1.56 bits per heavy atom. The van der Waals surface area contributed by atoms with E-state index in [1.165, 1.54) is 6.07 Å². The first kappa shape index (κ1) is 63.5. The van der Waals surface area contributed by atoms with Gasteiger partial charge in [0.25, 0.3) is 0 Å². The van der Waals surface area contributed by atoms with Gasteiger partial charge in [-0.25, -0.2) is 43.9 Å². The van der Waals surface area contributed by atoms with Gasteiger partial charge in [0.15, 0.2) is 5.76 Å². The number of likely N-dealkylation sites (tertiary alicyclic amines) is 3. The van der Waals surface area contributed by atoms with Crippen LogP contribution >= 0.6 is 0 Å². The summed E-state index contributed by atoms with van der Waals surface area (Å²) >= 11 is 0. The number of furan rings is 1. The molecule has 96 heavy (non-hydrogen) atoms. The van der Waals surface area contributed by atoms with Crippen LogP contribution in [-0.4, -0.2) is 169 Å². The summed E-state index contributed by atoms with van der Waals surface area (Å²) in [6, 6.07) is 20.8. The highest BCUT2D eigenvalue weighted by molar-refractivity contribution is 5.96. The second kappa shape index (κ2) is 26.3. The number of aryl methyl sites for hydroxylation is 1. The number of benzene rings is 3. The van der Waals surface area contributed by atoms with E-state index in [1.54, 1.807) is 75.6 Å². The number of ketones is 1. The van der Waals surface area contributed by atoms with Gasteiger partial charge in [-0.1, -0.05) is 42.2 Å². The second-order valence-corrected chi connectivity index (χ2v) is 25.4. The van der Waals surface area contributed by atoms with E-state index in [9.17, 15) is 18.8 Å². The van der Waals surface area contributed by atoms with Crippen LogP contribution in [0.4, 0.5) is 31.4 Å². The number of fused-ring (bicyclic) bond motifs is 6. The molecule has 0 bridgehead atoms. The van der Waals surface area contributed by atoms with Crippen molar-refractivity contribution >= 4 is 84.6 Å². The van der Waals surface area contributed by atoms with Gasteiger partial charge in [-0.2, -0.15) is 0 Å². The highest BCUT2D eigenvalue weighted by atomic mass is 19.1. The zero-order chi connectivity index (χ0) is 67.2. The molecule has 3 aliphatic rings. The van der Waals surface area contributed by atoms with Gasteiger partial charge in [-0.05, 0) is 107 Å². The smallest absolute Gasteiger partial charge is 0.319 e. The number of imidazole rings is 3. The number of hydrogen-bond donors (Lipinski definition) is 5. The lowest BCUT2D eigenvalue weighted by Crippen LogP contribution is -2.43. The first-order chi connectivity index (χ1) is 46.4. The fraction of sp³-hybridized carbons (Fsp3) is 0.319. The van der Waals surface area contributed by atoms with Crippen molar-refractivity contribution in [2.24, 2.45) is 0 Å². The summed E-state index contributed by atoms with van der Waals surface area (Å²) in [6.45, 7) is 9.08. The number of para-hydroxylation sites is 2. The third-order valence-corrected chi connectivity index (χ3v) is 18.8. The number of nitrogen functional groups attached to an aromatic ring is 3. The van der Waals surface area contributed by atoms with Crippen molar-refractivity contribution in [2.45, 2.75) is 76.5 Å². The van der Waals surface area contributed by atoms with Crippen LogP contribution < -0.4 is 17.2 Å². The average Bonchev–Trinajstić information content (AvgIpc) is 1.61. The molecule has 3 aromatic carbocycles. The van der Waals surface area contributed by atoms with Crippen LogP contribution in [0.15, 0.2) is 108 Å². The molecule has 12 heterocycles. The number of H-pyrrole nitrogens is 2. The zero-order valence-corrected chi connectivity index (χ0v) is 54.6. The molecule has 0 radical (unpaired) electrons. The van der Waals surface area contributed by atoms with Crippen molar-refractivity contribution in [3.05, 3.63) is 144 Å². The molecule has 0 unspecified atom stereocenters. The quantitative estimate of drug-likeness (QED) is 0.0841. The predicted octanol–water partition coefficient (Wildman–Crippen LogP) is 10.9. The molecule has 0 saturated carbocycles. The number of Topliss-reactive ketones (excluding diaryl/α,β-unsaturated/α-hetero) is 1. The van der Waals surface area contributed by atoms with Gasteiger partial charge < -0.3 is 56.1 Å². The molecule has 8 N–H and O–H groups in total. The monoisotopic (exact) mass is 1290 g/mol. The summed E-state index contributed by atoms with van der Waals surface area (Å²) < 4.78 is 26.8. The number of piperidine rings is 3. The zero-order valence-electron chi connectivity index (χ0n) is 54.6. The van der Waals surface area contributed by atoms with E-state index in [0.717, 1.165) is 131 Å². The molecule has 23 nitrogen and oxygen atoms in total. The minimum absolute atomic E-state index is 0.0490. The van der Waals surface area contributed by atoms with Crippen molar-refractivity contribution < 1.29 is 23.2 Å². The standard InChI is InChI=1S/C25H25FN6O.C24H25N7O.C23H26N6O2/c1-3-16-4-5-19(26)18-14-20(29-21(16)18)22-23-24(27)28-9-13-32(23)25(30-22)17-7-11-31(12-8-17)10-6-15(2)33;1-4-15-6-5-7-17-14-18(27-19(15)17)20-21-22(25)26-10-13-31(21)23(28-20)16-8-11-30(12-9-16)24(32)29(2)3;1-14-5-4-6-16-13-17(31-20(14)16)18-19-21(24)25-9-12-29(19)22(26-18)15-7-10-28(11-8-15)23(30)27(2)3/h1,4-5,9,13-14,17,29H,6-8,10-12H2,2H3,(H2,27,28);1,5-7,10,13-14,16,27H,8-9,11-12H2,2-3H3,(H2,25,26);4-6,9,12-13,15H,7-8,10-11H2,1-3H3,(H2,24,25). The van der Waals surface area contributed by atoms with Crippen LogP contribution in [0.25, 0.3) is 83.6 Å². The van der Waals surface area contributed by atoms with E-state index in [1.807, 2.05) is 97.0 Å². The number of carbonyl (C=O) groups is 3. The van der Waals surface area contributed by atoms with Crippen molar-refractivity contribution in [3.8, 4) is 58.9 Å². The largest absolute Gasteiger partial charge is 0.454 e. The summed E-state index contributed by atoms with van der Waals surface area (Å²) in [5.74, 6) is 10.6. The molecule has 0 spiro atoms. The molecule has 490 valence electrons. The molecule has 9 aromatic heterocycles. The van der Waals surface area contributed by atoms with E-state index >= 15 is 0 Å². The maximum Gasteiger partial charge on any atom is 0.319 e. The number of aromatic amines is 2. The third-order valence-electron chi connectivity index (χ3n) is 18.8. The normalized spacial score (nSPS) is 15.1. The number of carbonyl (C=O) groups excluding carboxylic acids is 3. The molecule has 3 saturated heterocycles. The highest BCUT2D eigenvalue weighted by Crippen LogP contribution is 2.41. The van der Waals surface area contributed by atoms with Crippen molar-refractivity contribution in [3.63, 3.8) is 0 Å². The van der Waals surface area contributed by atoms with E-state index in [2.05, 4.69) is 41.7 Å². The fourth-order valence-corrected chi connectivity index (χ4v) is 13.8. The van der Waals surface area contributed by atoms with Crippen LogP contribution in [-0.2, 0) is 4.79 Å². The lowest BCUT2D eigenvalue weighted by atomic mass is 9.96. The van der Waals surface area contributed by atoms with Gasteiger partial charge in [0.2, 0.25) is 0 Å². The Labute approximate surface area is 553 Å². The molecule has 0 aliphatic carbocycles. The lowest BCUT2D eigenvalue weighted by molar-refractivity contribution is -0.117. The van der Waals surface area contributed by atoms with Gasteiger partial charge in [0, 0.05) is 150 Å². The SMILES string of the molecule is C#Cc1ccc(F)c2cc(-c3nc(C4CCN(CCC(C)=O)CC4)n4ccnc(N)c34)[nH]c12.C#Cc1cccc2cc(-c3nc(C4CCN(C(=O)N(C)C)CC4)n4ccnc(N)c34)[nH]c12.Cc1cccc2cc(-c3nc(C4CCN(C(=O)N(C)C)CC4)n4ccnc(N)c34)oc12. The van der Waals surface area contributed by atoms with Gasteiger partial charge >= 0.3 is 12.1 Å². The minimum atomic E-state index is -0.348. The summed E-state index contributed by atoms with van der Waals surface area (Å²) in [6.07, 6.45) is 27.9. The molecule has 4 amide bonds. The predicted molar refractivity (Wildman–Crippen MR) is 372 cm³/mol. The average molecular weight is 1290 g/mol. The number of nitrogens with zero attached hydrogens (tertiary/aromatic N) is 14. The molecule has 24 heteroatoms. The summed E-state index contributed by atoms with van der Waals surface area (Å²) in [5.41, 5.74) is 29.5. The van der Waals surface area contributed by atoms with Crippen LogP contribution in [0.1, 0.15) is 104 Å². The Morgan fingerprint density at radius 1 is 0.604 bits per heavy atom. The number of amides is 4. The molecule has 0 atom stereocenters. The molecular weight excluding hydrogens is 1210 g/mol. The van der Waals surface area contributed by atoms with E-state index < -0.39 is 0 Å². The van der Waals surface area contributed by atoms with Gasteiger partial charge in [0.05, 0.1) is 22.4 Å². The van der Waals surface area contributed by atoms with Crippen LogP contribution in [0, 0.1) is 37.4 Å². The van der Waals surface area contributed by atoms with Crippen molar-refractivity contribution in [1.82, 2.24) is 77.6 Å². The Bertz CT molecular complexity index is 5050. The van der Waals surface area contributed by atoms with Crippen molar-refractivity contribution in [2.75, 3.05) is 91.2 Å². The lowest BCUT2D eigenvalue weighted by Gasteiger charge is -2.33. The molecule has 12 aromatic rings. The van der Waals surface area contributed by atoms with Crippen LogP contribution in [0.3, 0.4) is 0 Å². The number of halogens is 1. The summed E-state index contributed by atoms with van der Waals surface area (Å²) in [4.78, 5) is 79.9. The number of anilines is 3. The van der Waals surface area contributed by atoms with Gasteiger partial charge in [-0.3, -0.25) is 18.0 Å². The Balaban J connectivity index is 0.000000130. The molecule has 3 fully saturated rings. The van der Waals surface area contributed by atoms with E-state index in [-0.39, 0.29) is 41.4 Å². The fourth-order valence-electron chi connectivity index (χ4n) is 13.8. The van der Waals surface area contributed by atoms with E-state index in [0.29, 0.717) is 94.9 Å². The first-order valence-electron chi connectivity index (χ1n) is 32.3. The first-order valence-corrected chi connectivity index (χ1v) is 32.3. The number of nitrogens with one attached hydrogen (secondary N) is 2. The second-order valence-electron chi connectivity index (χ2n) is 25.4. The number of aromatic nitrogens is 11. The number of terminal acetylenes is 2. The van der Waals surface area contributed by atoms with Crippen LogP contribution in [0.5, 0.6) is 0 Å². The minimum Gasteiger partial charge on any atom is -0.454 e. The van der Waals surface area contributed by atoms with Gasteiger partial charge in [0.1, 0.15) is 85.7 Å². The summed E-state index contributed by atoms with van der Waals surface area (Å²) in [5, 5.41) is 2.48. The number of nitrogens with two attached hydrogens (primary N) is 3. The Hall–Kier alpha value is -11.2. The van der Waals surface area contributed by atoms with E-state index in [4.69, 9.17) is 49.4 Å². The van der Waals surface area contributed by atoms with Crippen molar-refractivity contribution in [1.29, 1.82) is 0 Å². The highest BCUT2D eigenvalue weighted by Gasteiger charge is 2.33. The Kier molecular flexibility index (Phi) is 17.4. The Morgan fingerprint density at radius 2 is 1.06 bits per heavy atom. The summed E-state index contributed by atoms with van der Waals surface area (Å²) in [7, 11) is 7.14. The molecular formula is C72H76FN19O4. The van der Waals surface area contributed by atoms with Crippen LogP contribution in [0.2, 0.25) is 0 Å². The maximum atomic E-state index is 14.5. The number of urea groups is 2. The number of hydrogen-bond acceptors (Lipinski definition) is 14. The molecule has 15 rings (SSSR count). The number of rotatable bonds is 9. The maximum absolute atomic E-state index is 14.5. The molecule has 3 aliphatic heterocycles. The van der Waals surface area contributed by atoms with Gasteiger partial charge in [-0.15, -0.1) is 12.8 Å².